The van der Waals surface area contributed by atoms with Crippen molar-refractivity contribution in [3.8, 4) is 0 Å². The normalized spacial score (nSPS) is 28.2. The Kier molecular flexibility index (Phi) is 4.09. The zero-order valence-corrected chi connectivity index (χ0v) is 12.1. The Morgan fingerprint density at radius 2 is 2.15 bits per heavy atom. The molecule has 1 saturated heterocycles. The molecule has 4 nitrogen and oxygen atoms in total. The van der Waals surface area contributed by atoms with Crippen molar-refractivity contribution in [1.82, 2.24) is 4.98 Å². The summed E-state index contributed by atoms with van der Waals surface area (Å²) in [6.45, 7) is 6.00. The Hall–Kier alpha value is -1.49. The molecule has 0 aliphatic carbocycles. The Balaban J connectivity index is 2.36. The summed E-state index contributed by atoms with van der Waals surface area (Å²) in [6.07, 6.45) is 3.10. The van der Waals surface area contributed by atoms with Crippen LogP contribution in [0.3, 0.4) is 0 Å². The van der Waals surface area contributed by atoms with Crippen molar-refractivity contribution in [2.45, 2.75) is 51.2 Å². The van der Waals surface area contributed by atoms with E-state index in [9.17, 15) is 9.18 Å². The average molecular weight is 281 g/mol. The van der Waals surface area contributed by atoms with E-state index in [0.717, 1.165) is 12.6 Å². The summed E-state index contributed by atoms with van der Waals surface area (Å²) in [6, 6.07) is 2.92. The van der Waals surface area contributed by atoms with Crippen LogP contribution in [-0.4, -0.2) is 23.2 Å². The van der Waals surface area contributed by atoms with Crippen molar-refractivity contribution in [2.75, 3.05) is 6.61 Å². The molecule has 2 heterocycles. The number of ether oxygens (including phenoxy) is 2. The van der Waals surface area contributed by atoms with E-state index in [2.05, 4.69) is 4.98 Å². The number of epoxide rings is 1. The molecule has 0 radical (unpaired) electrons. The predicted octanol–water partition coefficient (Wildman–Crippen LogP) is 2.96. The molecule has 1 aromatic heterocycles. The Labute approximate surface area is 118 Å². The standard InChI is InChI=1S/C15H20FNO3/c1-4-9-15(13(18)19-6-3)14(5-2,20-15)12-8-7-11(16)10-17-12/h7-8,10H,4-6,9H2,1-3H3. The number of halogens is 1. The summed E-state index contributed by atoms with van der Waals surface area (Å²) in [5.74, 6) is -0.757. The monoisotopic (exact) mass is 281 g/mol. The van der Waals surface area contributed by atoms with Gasteiger partial charge < -0.3 is 9.47 Å². The van der Waals surface area contributed by atoms with Gasteiger partial charge in [0.15, 0.2) is 5.60 Å². The number of hydrogen-bond donors (Lipinski definition) is 0. The van der Waals surface area contributed by atoms with E-state index in [1.165, 1.54) is 6.07 Å². The molecule has 0 amide bonds. The smallest absolute Gasteiger partial charge is 0.341 e. The first-order valence-electron chi connectivity index (χ1n) is 7.05. The minimum Gasteiger partial charge on any atom is -0.464 e. The van der Waals surface area contributed by atoms with Gasteiger partial charge in [-0.15, -0.1) is 0 Å². The minimum absolute atomic E-state index is 0.310. The van der Waals surface area contributed by atoms with Gasteiger partial charge in [-0.3, -0.25) is 4.98 Å². The second kappa shape index (κ2) is 5.48. The maximum atomic E-state index is 13.0. The van der Waals surface area contributed by atoms with Gasteiger partial charge in [-0.05, 0) is 31.9 Å². The van der Waals surface area contributed by atoms with Crippen LogP contribution < -0.4 is 0 Å². The van der Waals surface area contributed by atoms with Crippen LogP contribution in [-0.2, 0) is 19.9 Å². The van der Waals surface area contributed by atoms with Gasteiger partial charge >= 0.3 is 5.97 Å². The van der Waals surface area contributed by atoms with Gasteiger partial charge in [0, 0.05) is 0 Å². The van der Waals surface area contributed by atoms with Gasteiger partial charge in [-0.1, -0.05) is 20.3 Å². The van der Waals surface area contributed by atoms with Crippen LogP contribution in [0.5, 0.6) is 0 Å². The summed E-state index contributed by atoms with van der Waals surface area (Å²) < 4.78 is 24.0. The molecular weight excluding hydrogens is 261 g/mol. The molecule has 1 aliphatic heterocycles. The molecule has 5 heteroatoms. The third-order valence-corrected chi connectivity index (χ3v) is 3.81. The largest absolute Gasteiger partial charge is 0.464 e. The number of carbonyl (C=O) groups excluding carboxylic acids is 1. The van der Waals surface area contributed by atoms with Gasteiger partial charge in [0.25, 0.3) is 0 Å². The van der Waals surface area contributed by atoms with Crippen LogP contribution in [0, 0.1) is 5.82 Å². The van der Waals surface area contributed by atoms with Crippen molar-refractivity contribution in [1.29, 1.82) is 0 Å². The van der Waals surface area contributed by atoms with Gasteiger partial charge in [-0.2, -0.15) is 0 Å². The Bertz CT molecular complexity index is 490. The van der Waals surface area contributed by atoms with E-state index in [4.69, 9.17) is 9.47 Å². The summed E-state index contributed by atoms with van der Waals surface area (Å²) in [5, 5.41) is 0. The lowest BCUT2D eigenvalue weighted by atomic mass is 9.84. The Morgan fingerprint density at radius 3 is 2.65 bits per heavy atom. The van der Waals surface area contributed by atoms with Crippen LogP contribution in [0.1, 0.15) is 45.7 Å². The van der Waals surface area contributed by atoms with E-state index < -0.39 is 17.0 Å². The third-order valence-electron chi connectivity index (χ3n) is 3.81. The van der Waals surface area contributed by atoms with Gasteiger partial charge in [-0.25, -0.2) is 9.18 Å². The van der Waals surface area contributed by atoms with E-state index in [-0.39, 0.29) is 5.97 Å². The van der Waals surface area contributed by atoms with Crippen LogP contribution in [0.2, 0.25) is 0 Å². The van der Waals surface area contributed by atoms with Crippen molar-refractivity contribution in [2.24, 2.45) is 0 Å². The summed E-state index contributed by atoms with van der Waals surface area (Å²) >= 11 is 0. The summed E-state index contributed by atoms with van der Waals surface area (Å²) in [5.41, 5.74) is -1.18. The maximum absolute atomic E-state index is 13.0. The zero-order valence-electron chi connectivity index (χ0n) is 12.1. The Morgan fingerprint density at radius 1 is 1.40 bits per heavy atom. The van der Waals surface area contributed by atoms with Crippen LogP contribution in [0.4, 0.5) is 4.39 Å². The third kappa shape index (κ3) is 2.10. The molecule has 0 saturated carbocycles. The van der Waals surface area contributed by atoms with Gasteiger partial charge in [0.05, 0.1) is 18.5 Å². The molecule has 0 N–H and O–H groups in total. The molecule has 0 bridgehead atoms. The van der Waals surface area contributed by atoms with E-state index in [1.807, 2.05) is 13.8 Å². The molecule has 110 valence electrons. The molecule has 1 aliphatic rings. The topological polar surface area (TPSA) is 51.7 Å². The number of hydrogen-bond acceptors (Lipinski definition) is 4. The number of aromatic nitrogens is 1. The number of esters is 1. The molecule has 2 rings (SSSR count). The number of pyridine rings is 1. The lowest BCUT2D eigenvalue weighted by Gasteiger charge is -2.17. The maximum Gasteiger partial charge on any atom is 0.341 e. The second-order valence-corrected chi connectivity index (χ2v) is 4.94. The van der Waals surface area contributed by atoms with Crippen LogP contribution in [0.15, 0.2) is 18.3 Å². The molecule has 2 atom stereocenters. The molecule has 1 aromatic rings. The first kappa shape index (κ1) is 14.9. The highest BCUT2D eigenvalue weighted by atomic mass is 19.1. The molecule has 0 spiro atoms. The predicted molar refractivity (Wildman–Crippen MR) is 71.5 cm³/mol. The highest BCUT2D eigenvalue weighted by Crippen LogP contribution is 2.60. The fourth-order valence-corrected chi connectivity index (χ4v) is 2.85. The van der Waals surface area contributed by atoms with Gasteiger partial charge in [0.2, 0.25) is 5.60 Å². The average Bonchev–Trinajstić information content (AvgIpc) is 3.11. The van der Waals surface area contributed by atoms with Crippen molar-refractivity contribution in [3.05, 3.63) is 29.8 Å². The fourth-order valence-electron chi connectivity index (χ4n) is 2.85. The van der Waals surface area contributed by atoms with Crippen molar-refractivity contribution >= 4 is 5.97 Å². The fraction of sp³-hybridized carbons (Fsp3) is 0.600. The SMILES string of the molecule is CCCC1(C(=O)OCC)OC1(CC)c1ccc(F)cn1. The molecule has 1 fully saturated rings. The lowest BCUT2D eigenvalue weighted by molar-refractivity contribution is -0.150. The number of rotatable bonds is 6. The summed E-state index contributed by atoms with van der Waals surface area (Å²) in [4.78, 5) is 16.4. The van der Waals surface area contributed by atoms with Crippen LogP contribution >= 0.6 is 0 Å². The van der Waals surface area contributed by atoms with E-state index in [1.54, 1.807) is 13.0 Å². The highest BCUT2D eigenvalue weighted by molar-refractivity contribution is 5.85. The van der Waals surface area contributed by atoms with E-state index in [0.29, 0.717) is 25.1 Å². The number of carbonyl (C=O) groups is 1. The molecule has 2 unspecified atom stereocenters. The highest BCUT2D eigenvalue weighted by Gasteiger charge is 2.75. The molecule has 0 aromatic carbocycles. The number of nitrogens with zero attached hydrogens (tertiary/aromatic N) is 1. The summed E-state index contributed by atoms with van der Waals surface area (Å²) in [7, 11) is 0. The quantitative estimate of drug-likeness (QED) is 0.594. The first-order chi connectivity index (χ1) is 9.56. The molecular formula is C15H20FNO3. The zero-order chi connectivity index (χ0) is 14.8. The first-order valence-corrected chi connectivity index (χ1v) is 7.05. The van der Waals surface area contributed by atoms with E-state index >= 15 is 0 Å². The lowest BCUT2D eigenvalue weighted by Crippen LogP contribution is -2.35. The van der Waals surface area contributed by atoms with Crippen molar-refractivity contribution in [3.63, 3.8) is 0 Å². The van der Waals surface area contributed by atoms with Crippen LogP contribution in [0.25, 0.3) is 0 Å². The van der Waals surface area contributed by atoms with Gasteiger partial charge in [0.1, 0.15) is 5.82 Å². The van der Waals surface area contributed by atoms with Crippen molar-refractivity contribution < 1.29 is 18.7 Å². The second-order valence-electron chi connectivity index (χ2n) is 4.94. The minimum atomic E-state index is -0.975. The molecule has 20 heavy (non-hydrogen) atoms.